The highest BCUT2D eigenvalue weighted by Crippen LogP contribution is 2.26. The van der Waals surface area contributed by atoms with Crippen LogP contribution in [0.25, 0.3) is 11.1 Å². The molecule has 0 bridgehead atoms. The number of pyridine rings is 1. The van der Waals surface area contributed by atoms with Crippen LogP contribution in [-0.4, -0.2) is 22.8 Å². The molecule has 27 heavy (non-hydrogen) atoms. The van der Waals surface area contributed by atoms with E-state index in [4.69, 9.17) is 0 Å². The molecule has 3 aromatic rings. The quantitative estimate of drug-likeness (QED) is 0.698. The first-order valence-corrected chi connectivity index (χ1v) is 9.70. The highest BCUT2D eigenvalue weighted by atomic mass is 32.1. The summed E-state index contributed by atoms with van der Waals surface area (Å²) >= 11 is 1.39. The topological polar surface area (TPSA) is 71.1 Å². The number of amides is 2. The lowest BCUT2D eigenvalue weighted by Crippen LogP contribution is -2.25. The van der Waals surface area contributed by atoms with Crippen molar-refractivity contribution in [3.05, 3.63) is 70.2 Å². The number of rotatable bonds is 5. The fourth-order valence-corrected chi connectivity index (χ4v) is 3.53. The van der Waals surface area contributed by atoms with Gasteiger partial charge in [-0.05, 0) is 60.5 Å². The molecule has 5 nitrogen and oxygen atoms in total. The van der Waals surface area contributed by atoms with Crippen molar-refractivity contribution in [2.45, 2.75) is 25.8 Å². The van der Waals surface area contributed by atoms with Gasteiger partial charge in [0.2, 0.25) is 0 Å². The lowest BCUT2D eigenvalue weighted by Gasteiger charge is -2.10. The number of carbonyl (C=O) groups is 2. The minimum Gasteiger partial charge on any atom is -0.349 e. The molecule has 0 atom stereocenters. The minimum absolute atomic E-state index is 0.0945. The first-order chi connectivity index (χ1) is 13.1. The molecule has 0 spiro atoms. The van der Waals surface area contributed by atoms with E-state index in [9.17, 15) is 9.59 Å². The Morgan fingerprint density at radius 2 is 1.96 bits per heavy atom. The van der Waals surface area contributed by atoms with Crippen molar-refractivity contribution in [2.24, 2.45) is 0 Å². The van der Waals surface area contributed by atoms with E-state index < -0.39 is 0 Å². The maximum absolute atomic E-state index is 12.7. The molecule has 136 valence electrons. The van der Waals surface area contributed by atoms with Gasteiger partial charge in [-0.15, -0.1) is 11.3 Å². The molecule has 2 heterocycles. The molecule has 1 fully saturated rings. The number of hydrogen-bond acceptors (Lipinski definition) is 4. The molecule has 0 unspecified atom stereocenters. The number of nitrogens with one attached hydrogen (secondary N) is 2. The van der Waals surface area contributed by atoms with Crippen LogP contribution in [0.5, 0.6) is 0 Å². The average Bonchev–Trinajstić information content (AvgIpc) is 3.35. The summed E-state index contributed by atoms with van der Waals surface area (Å²) in [5, 5.41) is 7.84. The maximum atomic E-state index is 12.7. The summed E-state index contributed by atoms with van der Waals surface area (Å²) in [4.78, 5) is 29.6. The van der Waals surface area contributed by atoms with Gasteiger partial charge in [0.05, 0.1) is 4.88 Å². The number of aromatic nitrogens is 1. The third-order valence-corrected chi connectivity index (χ3v) is 5.41. The van der Waals surface area contributed by atoms with Crippen LogP contribution in [0, 0.1) is 6.92 Å². The van der Waals surface area contributed by atoms with Crippen molar-refractivity contribution in [1.82, 2.24) is 10.3 Å². The largest absolute Gasteiger partial charge is 0.349 e. The van der Waals surface area contributed by atoms with Crippen LogP contribution in [0.2, 0.25) is 0 Å². The van der Waals surface area contributed by atoms with Crippen LogP contribution in [0.4, 0.5) is 5.69 Å². The van der Waals surface area contributed by atoms with Crippen LogP contribution in [0.15, 0.2) is 54.2 Å². The van der Waals surface area contributed by atoms with Gasteiger partial charge in [-0.3, -0.25) is 14.6 Å². The lowest BCUT2D eigenvalue weighted by atomic mass is 10.1. The van der Waals surface area contributed by atoms with Crippen molar-refractivity contribution >= 4 is 28.8 Å². The lowest BCUT2D eigenvalue weighted by molar-refractivity contribution is 0.0949. The second-order valence-electron chi connectivity index (χ2n) is 6.67. The number of thiophene rings is 1. The third kappa shape index (κ3) is 4.06. The second-order valence-corrected chi connectivity index (χ2v) is 7.58. The Labute approximate surface area is 161 Å². The van der Waals surface area contributed by atoms with Gasteiger partial charge in [-0.2, -0.15) is 0 Å². The fraction of sp³-hybridized carbons (Fsp3) is 0.190. The Bertz CT molecular complexity index is 994. The van der Waals surface area contributed by atoms with E-state index in [0.717, 1.165) is 29.5 Å². The maximum Gasteiger partial charge on any atom is 0.265 e. The van der Waals surface area contributed by atoms with Crippen LogP contribution in [0.1, 0.15) is 38.4 Å². The van der Waals surface area contributed by atoms with Crippen LogP contribution < -0.4 is 10.6 Å². The Kier molecular flexibility index (Phi) is 4.73. The van der Waals surface area contributed by atoms with Gasteiger partial charge in [0.15, 0.2) is 0 Å². The number of benzene rings is 1. The van der Waals surface area contributed by atoms with E-state index in [0.29, 0.717) is 22.2 Å². The summed E-state index contributed by atoms with van der Waals surface area (Å²) in [6, 6.07) is 11.4. The number of hydrogen-bond donors (Lipinski definition) is 2. The van der Waals surface area contributed by atoms with E-state index in [2.05, 4.69) is 15.6 Å². The molecule has 0 radical (unpaired) electrons. The molecule has 1 aromatic carbocycles. The summed E-state index contributed by atoms with van der Waals surface area (Å²) < 4.78 is 0. The van der Waals surface area contributed by atoms with Crippen molar-refractivity contribution in [2.75, 3.05) is 5.32 Å². The molecule has 0 saturated heterocycles. The van der Waals surface area contributed by atoms with Gasteiger partial charge in [0.1, 0.15) is 0 Å². The second kappa shape index (κ2) is 7.32. The van der Waals surface area contributed by atoms with Crippen molar-refractivity contribution in [3.8, 4) is 11.1 Å². The molecule has 0 aliphatic heterocycles. The normalized spacial score (nSPS) is 13.2. The third-order valence-electron chi connectivity index (χ3n) is 4.48. The SMILES string of the molecule is Cc1ccc(C(=O)NC2CC2)cc1NC(=O)c1cc(-c2cccnc2)cs1. The molecule has 2 aromatic heterocycles. The van der Waals surface area contributed by atoms with Gasteiger partial charge in [0.25, 0.3) is 11.8 Å². The molecule has 1 aliphatic carbocycles. The summed E-state index contributed by atoms with van der Waals surface area (Å²) in [5.74, 6) is -0.277. The highest BCUT2D eigenvalue weighted by Gasteiger charge is 2.24. The Hall–Kier alpha value is -2.99. The number of aryl methyl sites for hydroxylation is 1. The van der Waals surface area contributed by atoms with Gasteiger partial charge >= 0.3 is 0 Å². The number of anilines is 1. The number of nitrogens with zero attached hydrogens (tertiary/aromatic N) is 1. The zero-order valence-electron chi connectivity index (χ0n) is 14.9. The monoisotopic (exact) mass is 377 g/mol. The first kappa shape index (κ1) is 17.4. The van der Waals surface area contributed by atoms with Crippen LogP contribution in [0.3, 0.4) is 0 Å². The average molecular weight is 377 g/mol. The Balaban J connectivity index is 1.51. The van der Waals surface area contributed by atoms with E-state index in [1.807, 2.05) is 36.6 Å². The van der Waals surface area contributed by atoms with E-state index in [-0.39, 0.29) is 11.8 Å². The van der Waals surface area contributed by atoms with Crippen molar-refractivity contribution in [3.63, 3.8) is 0 Å². The summed E-state index contributed by atoms with van der Waals surface area (Å²) in [5.41, 5.74) is 4.07. The summed E-state index contributed by atoms with van der Waals surface area (Å²) in [7, 11) is 0. The Morgan fingerprint density at radius 1 is 1.11 bits per heavy atom. The molecule has 1 saturated carbocycles. The van der Waals surface area contributed by atoms with Gasteiger partial charge in [-0.25, -0.2) is 0 Å². The molecule has 2 amide bonds. The predicted molar refractivity (Wildman–Crippen MR) is 107 cm³/mol. The highest BCUT2D eigenvalue weighted by molar-refractivity contribution is 7.12. The standard InChI is InChI=1S/C21H19N3O2S/c1-13-4-5-14(20(25)23-17-6-7-17)9-18(13)24-21(26)19-10-16(12-27-19)15-3-2-8-22-11-15/h2-5,8-12,17H,6-7H2,1H3,(H,23,25)(H,24,26). The number of carbonyl (C=O) groups excluding carboxylic acids is 2. The van der Waals surface area contributed by atoms with Crippen LogP contribution >= 0.6 is 11.3 Å². The van der Waals surface area contributed by atoms with Gasteiger partial charge in [0, 0.05) is 35.2 Å². The van der Waals surface area contributed by atoms with Crippen molar-refractivity contribution in [1.29, 1.82) is 0 Å². The van der Waals surface area contributed by atoms with E-state index in [1.165, 1.54) is 11.3 Å². The molecular formula is C21H19N3O2S. The van der Waals surface area contributed by atoms with E-state index in [1.54, 1.807) is 24.5 Å². The molecular weight excluding hydrogens is 358 g/mol. The smallest absolute Gasteiger partial charge is 0.265 e. The molecule has 1 aliphatic rings. The minimum atomic E-state index is -0.182. The van der Waals surface area contributed by atoms with E-state index >= 15 is 0 Å². The zero-order valence-corrected chi connectivity index (χ0v) is 15.7. The first-order valence-electron chi connectivity index (χ1n) is 8.82. The fourth-order valence-electron chi connectivity index (χ4n) is 2.72. The van der Waals surface area contributed by atoms with Crippen molar-refractivity contribution < 1.29 is 9.59 Å². The predicted octanol–water partition coefficient (Wildman–Crippen LogP) is 4.26. The van der Waals surface area contributed by atoms with Gasteiger partial charge < -0.3 is 10.6 Å². The molecule has 6 heteroatoms. The summed E-state index contributed by atoms with van der Waals surface area (Å²) in [6.07, 6.45) is 5.58. The summed E-state index contributed by atoms with van der Waals surface area (Å²) in [6.45, 7) is 1.91. The van der Waals surface area contributed by atoms with Gasteiger partial charge in [-0.1, -0.05) is 12.1 Å². The van der Waals surface area contributed by atoms with Crippen LogP contribution in [-0.2, 0) is 0 Å². The molecule has 4 rings (SSSR count). The zero-order chi connectivity index (χ0) is 18.8. The molecule has 2 N–H and O–H groups in total. The Morgan fingerprint density at radius 3 is 2.70 bits per heavy atom.